The molecule has 1 aliphatic rings. The van der Waals surface area contributed by atoms with Gasteiger partial charge < -0.3 is 5.32 Å². The van der Waals surface area contributed by atoms with Gasteiger partial charge in [-0.1, -0.05) is 0 Å². The molecule has 0 aromatic carbocycles. The van der Waals surface area contributed by atoms with Gasteiger partial charge in [-0.05, 0) is 38.4 Å². The second-order valence-electron chi connectivity index (χ2n) is 5.52. The Morgan fingerprint density at radius 3 is 2.95 bits per heavy atom. The number of nitrogens with zero attached hydrogens (tertiary/aromatic N) is 3. The lowest BCUT2D eigenvalue weighted by Gasteiger charge is -2.31. The van der Waals surface area contributed by atoms with Crippen LogP contribution in [0.15, 0.2) is 12.3 Å². The van der Waals surface area contributed by atoms with Crippen LogP contribution in [0.3, 0.4) is 0 Å². The zero-order valence-corrected chi connectivity index (χ0v) is 13.6. The molecule has 1 aromatic rings. The van der Waals surface area contributed by atoms with Crippen molar-refractivity contribution < 1.29 is 8.42 Å². The molecule has 2 N–H and O–H groups in total. The number of hydrogen-bond acceptors (Lipinski definition) is 4. The van der Waals surface area contributed by atoms with E-state index in [9.17, 15) is 8.42 Å². The summed E-state index contributed by atoms with van der Waals surface area (Å²) in [5.74, 6) is 0.400. The minimum atomic E-state index is -3.37. The predicted molar refractivity (Wildman–Crippen MR) is 82.1 cm³/mol. The van der Waals surface area contributed by atoms with Gasteiger partial charge in [-0.25, -0.2) is 4.72 Å². The lowest BCUT2D eigenvalue weighted by molar-refractivity contribution is 0.261. The second kappa shape index (κ2) is 7.35. The Balaban J connectivity index is 1.85. The number of rotatable bonds is 7. The summed E-state index contributed by atoms with van der Waals surface area (Å²) in [5, 5.41) is 7.20. The predicted octanol–water partition coefficient (Wildman–Crippen LogP) is -0.272. The number of piperidine rings is 1. The van der Waals surface area contributed by atoms with E-state index in [0.717, 1.165) is 25.1 Å². The SMILES string of the molecule is CNCC1CCCN(S(=O)(=O)NCCc2ccnn2C)C1. The van der Waals surface area contributed by atoms with Crippen LogP contribution in [0.2, 0.25) is 0 Å². The smallest absolute Gasteiger partial charge is 0.279 e. The highest BCUT2D eigenvalue weighted by Gasteiger charge is 2.28. The first-order chi connectivity index (χ1) is 10.0. The van der Waals surface area contributed by atoms with Gasteiger partial charge in [0, 0.05) is 45.0 Å². The normalized spacial score (nSPS) is 20.8. The standard InChI is InChI=1S/C13H25N5O2S/c1-14-10-12-4-3-9-18(11-12)21(19,20)16-8-6-13-5-7-15-17(13)2/h5,7,12,14,16H,3-4,6,8-11H2,1-2H3. The summed E-state index contributed by atoms with van der Waals surface area (Å²) >= 11 is 0. The van der Waals surface area contributed by atoms with Crippen molar-refractivity contribution in [2.45, 2.75) is 19.3 Å². The van der Waals surface area contributed by atoms with E-state index < -0.39 is 10.2 Å². The van der Waals surface area contributed by atoms with Gasteiger partial charge >= 0.3 is 0 Å². The first-order valence-corrected chi connectivity index (χ1v) is 8.83. The van der Waals surface area contributed by atoms with Crippen LogP contribution in [0.25, 0.3) is 0 Å². The Kier molecular flexibility index (Phi) is 5.74. The molecule has 2 heterocycles. The maximum Gasteiger partial charge on any atom is 0.279 e. The molecule has 1 aliphatic heterocycles. The molecule has 21 heavy (non-hydrogen) atoms. The molecule has 0 amide bonds. The van der Waals surface area contributed by atoms with E-state index in [1.807, 2.05) is 20.2 Å². The van der Waals surface area contributed by atoms with Crippen molar-refractivity contribution in [3.05, 3.63) is 18.0 Å². The van der Waals surface area contributed by atoms with E-state index in [1.165, 1.54) is 0 Å². The van der Waals surface area contributed by atoms with Crippen molar-refractivity contribution in [3.8, 4) is 0 Å². The molecular formula is C13H25N5O2S. The molecule has 0 radical (unpaired) electrons. The van der Waals surface area contributed by atoms with E-state index in [4.69, 9.17) is 0 Å². The average molecular weight is 315 g/mol. The summed E-state index contributed by atoms with van der Waals surface area (Å²) in [4.78, 5) is 0. The molecule has 7 nitrogen and oxygen atoms in total. The molecular weight excluding hydrogens is 290 g/mol. The fraction of sp³-hybridized carbons (Fsp3) is 0.769. The second-order valence-corrected chi connectivity index (χ2v) is 7.27. The van der Waals surface area contributed by atoms with Crippen LogP contribution in [0.4, 0.5) is 0 Å². The molecule has 1 aromatic heterocycles. The average Bonchev–Trinajstić information content (AvgIpc) is 2.85. The van der Waals surface area contributed by atoms with Crippen LogP contribution in [0.5, 0.6) is 0 Å². The molecule has 1 saturated heterocycles. The van der Waals surface area contributed by atoms with Gasteiger partial charge in [-0.2, -0.15) is 17.8 Å². The lowest BCUT2D eigenvalue weighted by atomic mass is 10.00. The fourth-order valence-electron chi connectivity index (χ4n) is 2.75. The Morgan fingerprint density at radius 2 is 2.29 bits per heavy atom. The fourth-order valence-corrected chi connectivity index (χ4v) is 4.07. The Morgan fingerprint density at radius 1 is 1.48 bits per heavy atom. The highest BCUT2D eigenvalue weighted by atomic mass is 32.2. The number of aryl methyl sites for hydroxylation is 1. The van der Waals surface area contributed by atoms with Crippen molar-refractivity contribution in [2.24, 2.45) is 13.0 Å². The summed E-state index contributed by atoms with van der Waals surface area (Å²) < 4.78 is 30.7. The minimum Gasteiger partial charge on any atom is -0.319 e. The van der Waals surface area contributed by atoms with Crippen molar-refractivity contribution in [3.63, 3.8) is 0 Å². The quantitative estimate of drug-likeness (QED) is 0.726. The van der Waals surface area contributed by atoms with Crippen LogP contribution in [0, 0.1) is 5.92 Å². The van der Waals surface area contributed by atoms with E-state index >= 15 is 0 Å². The first-order valence-electron chi connectivity index (χ1n) is 7.39. The van der Waals surface area contributed by atoms with Crippen molar-refractivity contribution >= 4 is 10.2 Å². The summed E-state index contributed by atoms with van der Waals surface area (Å²) in [6, 6.07) is 1.90. The van der Waals surface area contributed by atoms with Gasteiger partial charge in [0.2, 0.25) is 0 Å². The van der Waals surface area contributed by atoms with Crippen LogP contribution in [-0.2, 0) is 23.7 Å². The van der Waals surface area contributed by atoms with Crippen LogP contribution < -0.4 is 10.0 Å². The molecule has 8 heteroatoms. The molecule has 1 fully saturated rings. The molecule has 0 spiro atoms. The van der Waals surface area contributed by atoms with Crippen LogP contribution >= 0.6 is 0 Å². The van der Waals surface area contributed by atoms with Gasteiger partial charge in [0.05, 0.1) is 0 Å². The third-order valence-electron chi connectivity index (χ3n) is 3.90. The summed E-state index contributed by atoms with van der Waals surface area (Å²) in [6.45, 7) is 2.47. The molecule has 0 aliphatic carbocycles. The molecule has 1 unspecified atom stereocenters. The maximum absolute atomic E-state index is 12.3. The molecule has 0 bridgehead atoms. The van der Waals surface area contributed by atoms with E-state index in [2.05, 4.69) is 15.1 Å². The Hall–Kier alpha value is -0.960. The first kappa shape index (κ1) is 16.4. The Labute approximate surface area is 126 Å². The minimum absolute atomic E-state index is 0.398. The van der Waals surface area contributed by atoms with Gasteiger partial charge in [-0.15, -0.1) is 0 Å². The van der Waals surface area contributed by atoms with Crippen LogP contribution in [0.1, 0.15) is 18.5 Å². The zero-order chi connectivity index (χ0) is 15.3. The van der Waals surface area contributed by atoms with Crippen molar-refractivity contribution in [1.29, 1.82) is 0 Å². The number of aromatic nitrogens is 2. The summed E-state index contributed by atoms with van der Waals surface area (Å²) in [5.41, 5.74) is 1.02. The molecule has 1 atom stereocenters. The van der Waals surface area contributed by atoms with E-state index in [-0.39, 0.29) is 0 Å². The van der Waals surface area contributed by atoms with Crippen LogP contribution in [-0.4, -0.2) is 55.7 Å². The highest BCUT2D eigenvalue weighted by Crippen LogP contribution is 2.17. The third kappa shape index (κ3) is 4.50. The molecule has 2 rings (SSSR count). The van der Waals surface area contributed by atoms with Gasteiger partial charge in [0.15, 0.2) is 0 Å². The van der Waals surface area contributed by atoms with Crippen molar-refractivity contribution in [1.82, 2.24) is 24.1 Å². The third-order valence-corrected chi connectivity index (χ3v) is 5.48. The largest absolute Gasteiger partial charge is 0.319 e. The van der Waals surface area contributed by atoms with E-state index in [1.54, 1.807) is 15.2 Å². The number of nitrogens with one attached hydrogen (secondary N) is 2. The lowest BCUT2D eigenvalue weighted by Crippen LogP contribution is -2.47. The van der Waals surface area contributed by atoms with Gasteiger partial charge in [0.1, 0.15) is 0 Å². The maximum atomic E-state index is 12.3. The number of hydrogen-bond donors (Lipinski definition) is 2. The summed E-state index contributed by atoms with van der Waals surface area (Å²) in [6.07, 6.45) is 4.37. The Bertz CT molecular complexity index is 541. The molecule has 0 saturated carbocycles. The topological polar surface area (TPSA) is 79.3 Å². The van der Waals surface area contributed by atoms with Crippen molar-refractivity contribution in [2.75, 3.05) is 33.2 Å². The van der Waals surface area contributed by atoms with Gasteiger partial charge in [-0.3, -0.25) is 4.68 Å². The highest BCUT2D eigenvalue weighted by molar-refractivity contribution is 7.87. The monoisotopic (exact) mass is 315 g/mol. The van der Waals surface area contributed by atoms with Gasteiger partial charge in [0.25, 0.3) is 10.2 Å². The summed E-state index contributed by atoms with van der Waals surface area (Å²) in [7, 11) is 0.386. The zero-order valence-electron chi connectivity index (χ0n) is 12.7. The van der Waals surface area contributed by atoms with E-state index in [0.29, 0.717) is 32.0 Å². The molecule has 120 valence electrons.